The first kappa shape index (κ1) is 31.4. The van der Waals surface area contributed by atoms with Crippen molar-refractivity contribution in [1.82, 2.24) is 5.32 Å². The SMILES string of the molecule is C=C([CH2-])NC.COc1ccc(OC)c([C-]=C[C-]=O)c1.[CH-]=C.[K+].[K+]. The molecule has 0 fully saturated rings. The Balaban J connectivity index is -0.000000173. The van der Waals surface area contributed by atoms with Gasteiger partial charge in [0, 0.05) is 12.8 Å². The molecule has 1 aromatic carbocycles. The smallest absolute Gasteiger partial charge is 0.582 e. The first-order chi connectivity index (χ1) is 10.1. The van der Waals surface area contributed by atoms with Crippen molar-refractivity contribution >= 4 is 6.29 Å². The minimum atomic E-state index is 0. The van der Waals surface area contributed by atoms with Gasteiger partial charge in [0.2, 0.25) is 0 Å². The topological polar surface area (TPSA) is 47.6 Å². The Hall–Kier alpha value is 0.653. The van der Waals surface area contributed by atoms with Gasteiger partial charge in [-0.2, -0.15) is 6.07 Å². The summed E-state index contributed by atoms with van der Waals surface area (Å²) in [5.41, 5.74) is 1.42. The molecule has 0 saturated carbocycles. The second kappa shape index (κ2) is 22.7. The first-order valence-electron chi connectivity index (χ1n) is 5.86. The Kier molecular flexibility index (Phi) is 31.0. The van der Waals surface area contributed by atoms with Gasteiger partial charge in [-0.15, -0.1) is 11.8 Å². The summed E-state index contributed by atoms with van der Waals surface area (Å²) < 4.78 is 10.1. The Bertz CT molecular complexity index is 463. The molecule has 0 amide bonds. The number of ether oxygens (including phenoxy) is 2. The molecule has 0 saturated heterocycles. The van der Waals surface area contributed by atoms with Gasteiger partial charge in [0.25, 0.3) is 0 Å². The summed E-state index contributed by atoms with van der Waals surface area (Å²) in [6.07, 6.45) is 5.52. The van der Waals surface area contributed by atoms with E-state index in [2.05, 4.69) is 38.1 Å². The van der Waals surface area contributed by atoms with E-state index in [-0.39, 0.29) is 103 Å². The standard InChI is InChI=1S/C11H10O3.C4H8N.C2H3.2K/c1-13-10-5-6-11(14-2)9(8-10)4-3-7-12;1-4(2)5-3;1-2;;/h3,5-6,8H,1-2H3;5H,1-2H2,3H3;1H,2H2;;/q-2;2*-1;2*+1. The number of hydrogen-bond donors (Lipinski definition) is 1. The summed E-state index contributed by atoms with van der Waals surface area (Å²) in [4.78, 5) is 10.0. The molecule has 0 heterocycles. The molecule has 4 nitrogen and oxygen atoms in total. The Morgan fingerprint density at radius 2 is 1.83 bits per heavy atom. The van der Waals surface area contributed by atoms with E-state index in [1.54, 1.807) is 45.8 Å². The molecular formula is C17H21K2NO3-2. The number of hydrogen-bond acceptors (Lipinski definition) is 4. The van der Waals surface area contributed by atoms with Gasteiger partial charge >= 0.3 is 103 Å². The van der Waals surface area contributed by atoms with Gasteiger partial charge in [-0.3, -0.25) is 12.7 Å². The molecule has 0 atom stereocenters. The van der Waals surface area contributed by atoms with Gasteiger partial charge in [-0.25, -0.2) is 25.1 Å². The number of methoxy groups -OCH3 is 2. The monoisotopic (exact) mass is 365 g/mol. The maximum Gasteiger partial charge on any atom is 1.00 e. The van der Waals surface area contributed by atoms with Crippen LogP contribution in [0.1, 0.15) is 5.56 Å². The van der Waals surface area contributed by atoms with E-state index in [9.17, 15) is 4.79 Å². The van der Waals surface area contributed by atoms with Crippen LogP contribution >= 0.6 is 0 Å². The van der Waals surface area contributed by atoms with E-state index in [1.165, 1.54) is 0 Å². The normalized spacial score (nSPS) is 7.78. The minimum absolute atomic E-state index is 0. The maximum absolute atomic E-state index is 10.0. The molecule has 0 aliphatic carbocycles. The van der Waals surface area contributed by atoms with Crippen molar-refractivity contribution in [1.29, 1.82) is 0 Å². The van der Waals surface area contributed by atoms with Crippen LogP contribution in [0.3, 0.4) is 0 Å². The predicted octanol–water partition coefficient (Wildman–Crippen LogP) is -3.31. The van der Waals surface area contributed by atoms with E-state index in [0.717, 1.165) is 11.8 Å². The summed E-state index contributed by atoms with van der Waals surface area (Å²) in [5, 5.41) is 2.72. The molecule has 1 aromatic rings. The maximum atomic E-state index is 10.0. The van der Waals surface area contributed by atoms with Crippen LogP contribution < -0.4 is 118 Å². The molecule has 0 aliphatic rings. The second-order valence-corrected chi connectivity index (χ2v) is 3.33. The molecule has 116 valence electrons. The zero-order chi connectivity index (χ0) is 16.7. The van der Waals surface area contributed by atoms with Crippen LogP contribution in [0.15, 0.2) is 43.1 Å². The van der Waals surface area contributed by atoms with Crippen molar-refractivity contribution in [2.24, 2.45) is 0 Å². The fourth-order valence-electron chi connectivity index (χ4n) is 1.03. The number of benzene rings is 1. The fourth-order valence-corrected chi connectivity index (χ4v) is 1.03. The van der Waals surface area contributed by atoms with Crippen LogP contribution in [0.4, 0.5) is 0 Å². The molecule has 6 heteroatoms. The van der Waals surface area contributed by atoms with Gasteiger partial charge < -0.3 is 26.2 Å². The van der Waals surface area contributed by atoms with Crippen LogP contribution in [0.25, 0.3) is 0 Å². The summed E-state index contributed by atoms with van der Waals surface area (Å²) in [5.74, 6) is 1.32. The predicted molar refractivity (Wildman–Crippen MR) is 85.6 cm³/mol. The van der Waals surface area contributed by atoms with Crippen molar-refractivity contribution in [3.63, 3.8) is 0 Å². The van der Waals surface area contributed by atoms with E-state index in [4.69, 9.17) is 9.47 Å². The summed E-state index contributed by atoms with van der Waals surface area (Å²) in [6, 6.07) is 5.25. The Morgan fingerprint density at radius 3 is 2.17 bits per heavy atom. The summed E-state index contributed by atoms with van der Waals surface area (Å²) in [6.45, 7) is 13.9. The molecule has 0 spiro atoms. The van der Waals surface area contributed by atoms with Crippen LogP contribution in [0, 0.1) is 19.6 Å². The van der Waals surface area contributed by atoms with E-state index in [1.807, 2.05) is 0 Å². The van der Waals surface area contributed by atoms with Crippen molar-refractivity contribution in [2.75, 3.05) is 21.3 Å². The molecule has 23 heavy (non-hydrogen) atoms. The van der Waals surface area contributed by atoms with Gasteiger partial charge in [0.15, 0.2) is 0 Å². The molecule has 0 radical (unpaired) electrons. The van der Waals surface area contributed by atoms with Crippen molar-refractivity contribution in [2.45, 2.75) is 0 Å². The van der Waals surface area contributed by atoms with Crippen LogP contribution in [-0.4, -0.2) is 27.6 Å². The third kappa shape index (κ3) is 17.3. The Labute approximate surface area is 225 Å². The molecule has 1 N–H and O–H groups in total. The van der Waals surface area contributed by atoms with Gasteiger partial charge in [-0.1, -0.05) is 6.07 Å². The third-order valence-electron chi connectivity index (χ3n) is 2.05. The quantitative estimate of drug-likeness (QED) is 0.337. The third-order valence-corrected chi connectivity index (χ3v) is 2.05. The average Bonchev–Trinajstić information content (AvgIpc) is 2.54. The zero-order valence-corrected chi connectivity index (χ0v) is 21.0. The number of carbonyl (C=O) groups excluding carboxylic acids is 1. The second-order valence-electron chi connectivity index (χ2n) is 3.33. The molecule has 1 rings (SSSR count). The number of nitrogens with one attached hydrogen (secondary N) is 1. The molecule has 0 aliphatic heterocycles. The minimum Gasteiger partial charge on any atom is -0.582 e. The van der Waals surface area contributed by atoms with Gasteiger partial charge in [0.1, 0.15) is 0 Å². The number of allylic oxidation sites excluding steroid dienone is 2. The average molecular weight is 366 g/mol. The summed E-state index contributed by atoms with van der Waals surface area (Å²) >= 11 is 0. The first-order valence-corrected chi connectivity index (χ1v) is 5.86. The molecule has 0 unspecified atom stereocenters. The van der Waals surface area contributed by atoms with Crippen molar-refractivity contribution in [3.8, 4) is 11.5 Å². The molecule has 0 bridgehead atoms. The van der Waals surface area contributed by atoms with Crippen molar-refractivity contribution < 1.29 is 117 Å². The largest absolute Gasteiger partial charge is 1.00 e. The summed E-state index contributed by atoms with van der Waals surface area (Å²) in [7, 11) is 4.91. The number of rotatable bonds is 5. The molecular weight excluding hydrogens is 344 g/mol. The van der Waals surface area contributed by atoms with E-state index >= 15 is 0 Å². The van der Waals surface area contributed by atoms with Gasteiger partial charge in [0.05, 0.1) is 14.2 Å². The van der Waals surface area contributed by atoms with Crippen LogP contribution in [-0.2, 0) is 4.79 Å². The Morgan fingerprint density at radius 1 is 1.30 bits per heavy atom. The van der Waals surface area contributed by atoms with E-state index < -0.39 is 0 Å². The van der Waals surface area contributed by atoms with Crippen LogP contribution in [0.2, 0.25) is 0 Å². The van der Waals surface area contributed by atoms with E-state index in [0.29, 0.717) is 17.1 Å². The van der Waals surface area contributed by atoms with Crippen molar-refractivity contribution in [3.05, 3.63) is 68.3 Å². The fraction of sp³-hybridized carbons (Fsp3) is 0.176. The molecule has 0 aromatic heterocycles. The van der Waals surface area contributed by atoms with Gasteiger partial charge in [-0.05, 0) is 12.0 Å². The zero-order valence-electron chi connectivity index (χ0n) is 14.7. The van der Waals surface area contributed by atoms with Crippen LogP contribution in [0.5, 0.6) is 11.5 Å².